The van der Waals surface area contributed by atoms with Gasteiger partial charge in [0.25, 0.3) is 5.56 Å². The largest absolute Gasteiger partial charge is 0.280 e. The van der Waals surface area contributed by atoms with E-state index in [9.17, 15) is 14.0 Å². The summed E-state index contributed by atoms with van der Waals surface area (Å²) < 4.78 is 14.2. The van der Waals surface area contributed by atoms with Gasteiger partial charge >= 0.3 is 0 Å². The summed E-state index contributed by atoms with van der Waals surface area (Å²) in [6.07, 6.45) is 0.536. The predicted octanol–water partition coefficient (Wildman–Crippen LogP) is 3.53. The molecule has 27 heavy (non-hydrogen) atoms. The average molecular weight is 367 g/mol. The summed E-state index contributed by atoms with van der Waals surface area (Å²) in [7, 11) is 0. The van der Waals surface area contributed by atoms with Crippen LogP contribution < -0.4 is 11.0 Å². The first-order chi connectivity index (χ1) is 12.9. The van der Waals surface area contributed by atoms with E-state index in [-0.39, 0.29) is 29.6 Å². The van der Waals surface area contributed by atoms with Crippen LogP contribution in [0.4, 0.5) is 4.39 Å². The van der Waals surface area contributed by atoms with Gasteiger partial charge in [-0.1, -0.05) is 45.0 Å². The number of hydrogen-bond acceptors (Lipinski definition) is 3. The number of amides is 1. The molecule has 0 aliphatic heterocycles. The fourth-order valence-electron chi connectivity index (χ4n) is 3.05. The molecule has 3 rings (SSSR count). The molecule has 0 aliphatic carbocycles. The van der Waals surface area contributed by atoms with E-state index in [1.54, 1.807) is 18.2 Å². The van der Waals surface area contributed by atoms with Crippen molar-refractivity contribution in [2.45, 2.75) is 39.5 Å². The van der Waals surface area contributed by atoms with Crippen LogP contribution in [0.5, 0.6) is 0 Å². The highest BCUT2D eigenvalue weighted by molar-refractivity contribution is 5.87. The van der Waals surface area contributed by atoms with Crippen molar-refractivity contribution < 1.29 is 9.18 Å². The van der Waals surface area contributed by atoms with Crippen LogP contribution in [0, 0.1) is 5.82 Å². The van der Waals surface area contributed by atoms with Crippen molar-refractivity contribution in [3.63, 3.8) is 0 Å². The number of carbonyl (C=O) groups is 1. The van der Waals surface area contributed by atoms with Gasteiger partial charge in [0, 0.05) is 6.42 Å². The lowest BCUT2D eigenvalue weighted by molar-refractivity contribution is -0.116. The SMILES string of the molecule is CCc1nc2c(C(C)C)cccc2c(=O)n1NC(=O)Cc1ccc(F)cc1. The van der Waals surface area contributed by atoms with Gasteiger partial charge in [0.1, 0.15) is 11.6 Å². The quantitative estimate of drug-likeness (QED) is 0.750. The van der Waals surface area contributed by atoms with Gasteiger partial charge in [-0.15, -0.1) is 0 Å². The third kappa shape index (κ3) is 3.89. The van der Waals surface area contributed by atoms with Gasteiger partial charge in [-0.05, 0) is 35.2 Å². The predicted molar refractivity (Wildman–Crippen MR) is 104 cm³/mol. The number of aryl methyl sites for hydroxylation is 1. The number of halogens is 1. The van der Waals surface area contributed by atoms with Gasteiger partial charge < -0.3 is 0 Å². The number of fused-ring (bicyclic) bond motifs is 1. The minimum Gasteiger partial charge on any atom is -0.273 e. The van der Waals surface area contributed by atoms with Gasteiger partial charge in [0.15, 0.2) is 0 Å². The summed E-state index contributed by atoms with van der Waals surface area (Å²) in [5.74, 6) is 0.00480. The Morgan fingerprint density at radius 2 is 1.89 bits per heavy atom. The summed E-state index contributed by atoms with van der Waals surface area (Å²) in [5, 5.41) is 0.473. The highest BCUT2D eigenvalue weighted by Gasteiger charge is 2.16. The molecular formula is C21H22FN3O2. The lowest BCUT2D eigenvalue weighted by Gasteiger charge is -2.16. The molecule has 0 radical (unpaired) electrons. The van der Waals surface area contributed by atoms with Crippen molar-refractivity contribution in [2.24, 2.45) is 0 Å². The van der Waals surface area contributed by atoms with Crippen molar-refractivity contribution in [3.05, 3.63) is 75.6 Å². The molecule has 0 aliphatic rings. The zero-order valence-corrected chi connectivity index (χ0v) is 15.6. The first kappa shape index (κ1) is 18.8. The van der Waals surface area contributed by atoms with Gasteiger partial charge in [0.2, 0.25) is 5.91 Å². The first-order valence-corrected chi connectivity index (χ1v) is 8.99. The Hall–Kier alpha value is -3.02. The first-order valence-electron chi connectivity index (χ1n) is 8.99. The molecule has 140 valence electrons. The lowest BCUT2D eigenvalue weighted by Crippen LogP contribution is -2.37. The number of rotatable bonds is 5. The zero-order chi connectivity index (χ0) is 19.6. The number of para-hydroxylation sites is 1. The normalized spacial score (nSPS) is 11.1. The molecule has 0 spiro atoms. The Bertz CT molecular complexity index is 1040. The maximum absolute atomic E-state index is 13.0. The van der Waals surface area contributed by atoms with E-state index < -0.39 is 0 Å². The van der Waals surface area contributed by atoms with Crippen LogP contribution in [-0.2, 0) is 17.6 Å². The maximum Gasteiger partial charge on any atom is 0.280 e. The number of aromatic nitrogens is 2. The Morgan fingerprint density at radius 3 is 2.52 bits per heavy atom. The monoisotopic (exact) mass is 367 g/mol. The lowest BCUT2D eigenvalue weighted by atomic mass is 10.0. The Kier molecular flexibility index (Phi) is 5.35. The molecule has 1 N–H and O–H groups in total. The number of nitrogens with one attached hydrogen (secondary N) is 1. The standard InChI is InChI=1S/C21H22FN3O2/c1-4-18-23-20-16(13(2)3)6-5-7-17(20)21(27)25(18)24-19(26)12-14-8-10-15(22)11-9-14/h5-11,13H,4,12H2,1-3H3,(H,24,26). The van der Waals surface area contributed by atoms with E-state index >= 15 is 0 Å². The second-order valence-electron chi connectivity index (χ2n) is 6.76. The minimum absolute atomic E-state index is 0.0416. The molecule has 0 saturated heterocycles. The maximum atomic E-state index is 13.0. The van der Waals surface area contributed by atoms with Crippen LogP contribution in [0.1, 0.15) is 43.6 Å². The van der Waals surface area contributed by atoms with Crippen LogP contribution >= 0.6 is 0 Å². The summed E-state index contributed by atoms with van der Waals surface area (Å²) in [4.78, 5) is 30.0. The molecule has 0 bridgehead atoms. The van der Waals surface area contributed by atoms with E-state index in [2.05, 4.69) is 24.3 Å². The number of benzene rings is 2. The van der Waals surface area contributed by atoms with Crippen molar-refractivity contribution >= 4 is 16.8 Å². The summed E-state index contributed by atoms with van der Waals surface area (Å²) in [5.41, 5.74) is 4.69. The van der Waals surface area contributed by atoms with Crippen LogP contribution in [-0.4, -0.2) is 15.6 Å². The fourth-order valence-corrected chi connectivity index (χ4v) is 3.05. The van der Waals surface area contributed by atoms with Crippen molar-refractivity contribution in [1.82, 2.24) is 9.66 Å². The highest BCUT2D eigenvalue weighted by Crippen LogP contribution is 2.22. The van der Waals surface area contributed by atoms with Gasteiger partial charge in [0.05, 0.1) is 17.3 Å². The highest BCUT2D eigenvalue weighted by atomic mass is 19.1. The van der Waals surface area contributed by atoms with E-state index in [0.717, 1.165) is 5.56 Å². The molecule has 5 nitrogen and oxygen atoms in total. The molecule has 0 atom stereocenters. The molecule has 0 fully saturated rings. The second-order valence-corrected chi connectivity index (χ2v) is 6.76. The molecular weight excluding hydrogens is 345 g/mol. The number of carbonyl (C=O) groups excluding carboxylic acids is 1. The Labute approximate surface area is 156 Å². The summed E-state index contributed by atoms with van der Waals surface area (Å²) in [6, 6.07) is 11.2. The third-order valence-corrected chi connectivity index (χ3v) is 4.45. The van der Waals surface area contributed by atoms with E-state index in [1.165, 1.54) is 16.8 Å². The van der Waals surface area contributed by atoms with E-state index in [4.69, 9.17) is 0 Å². The minimum atomic E-state index is -0.362. The smallest absolute Gasteiger partial charge is 0.273 e. The molecule has 3 aromatic rings. The molecule has 1 aromatic heterocycles. The van der Waals surface area contributed by atoms with E-state index in [1.807, 2.05) is 19.1 Å². The Morgan fingerprint density at radius 1 is 1.19 bits per heavy atom. The topological polar surface area (TPSA) is 64.0 Å². The van der Waals surface area contributed by atoms with Gasteiger partial charge in [-0.3, -0.25) is 15.0 Å². The van der Waals surface area contributed by atoms with Crippen molar-refractivity contribution in [3.8, 4) is 0 Å². The van der Waals surface area contributed by atoms with Crippen LogP contribution in [0.3, 0.4) is 0 Å². The molecule has 0 unspecified atom stereocenters. The zero-order valence-electron chi connectivity index (χ0n) is 15.6. The summed E-state index contributed by atoms with van der Waals surface area (Å²) in [6.45, 7) is 5.99. The Balaban J connectivity index is 1.98. The molecule has 2 aromatic carbocycles. The van der Waals surface area contributed by atoms with Gasteiger partial charge in [-0.2, -0.15) is 0 Å². The van der Waals surface area contributed by atoms with E-state index in [0.29, 0.717) is 28.7 Å². The molecule has 1 heterocycles. The second kappa shape index (κ2) is 7.70. The van der Waals surface area contributed by atoms with Gasteiger partial charge in [-0.25, -0.2) is 14.1 Å². The fraction of sp³-hybridized carbons (Fsp3) is 0.286. The molecule has 6 heteroatoms. The van der Waals surface area contributed by atoms with Crippen LogP contribution in [0.25, 0.3) is 10.9 Å². The number of nitrogens with zero attached hydrogens (tertiary/aromatic N) is 2. The number of hydrogen-bond donors (Lipinski definition) is 1. The third-order valence-electron chi connectivity index (χ3n) is 4.45. The van der Waals surface area contributed by atoms with Crippen LogP contribution in [0.15, 0.2) is 47.3 Å². The molecule has 0 saturated carbocycles. The van der Waals surface area contributed by atoms with Crippen molar-refractivity contribution in [1.29, 1.82) is 0 Å². The summed E-state index contributed by atoms with van der Waals surface area (Å²) >= 11 is 0. The van der Waals surface area contributed by atoms with Crippen LogP contribution in [0.2, 0.25) is 0 Å². The van der Waals surface area contributed by atoms with Crippen molar-refractivity contribution in [2.75, 3.05) is 5.43 Å². The molecule has 1 amide bonds. The average Bonchev–Trinajstić information content (AvgIpc) is 2.65.